The SMILES string of the molecule is CCn1c(SCC(=O)NCCCc2ccccc2)nnc1-c1cn(C)nc1-c1ccccc1. The van der Waals surface area contributed by atoms with E-state index in [1.165, 1.54) is 17.3 Å². The molecule has 33 heavy (non-hydrogen) atoms. The molecule has 0 spiro atoms. The van der Waals surface area contributed by atoms with Gasteiger partial charge in [-0.15, -0.1) is 10.2 Å². The van der Waals surface area contributed by atoms with Crippen LogP contribution in [0.4, 0.5) is 0 Å². The summed E-state index contributed by atoms with van der Waals surface area (Å²) in [5.41, 5.74) is 4.11. The maximum atomic E-state index is 12.3. The Hall–Kier alpha value is -3.39. The van der Waals surface area contributed by atoms with Gasteiger partial charge in [-0.25, -0.2) is 0 Å². The fourth-order valence-corrected chi connectivity index (χ4v) is 4.52. The second kappa shape index (κ2) is 11.0. The minimum Gasteiger partial charge on any atom is -0.355 e. The molecular weight excluding hydrogens is 432 g/mol. The van der Waals surface area contributed by atoms with Crippen LogP contribution < -0.4 is 5.32 Å². The predicted molar refractivity (Wildman–Crippen MR) is 132 cm³/mol. The van der Waals surface area contributed by atoms with E-state index in [2.05, 4.69) is 39.7 Å². The highest BCUT2D eigenvalue weighted by atomic mass is 32.2. The Bertz CT molecular complexity index is 1190. The van der Waals surface area contributed by atoms with Crippen LogP contribution in [0.2, 0.25) is 0 Å². The van der Waals surface area contributed by atoms with Crippen LogP contribution in [0.15, 0.2) is 72.0 Å². The number of carbonyl (C=O) groups is 1. The van der Waals surface area contributed by atoms with Crippen LogP contribution in [-0.2, 0) is 24.8 Å². The molecule has 0 aliphatic heterocycles. The second-order valence-corrected chi connectivity index (χ2v) is 8.65. The number of aryl methyl sites for hydroxylation is 2. The molecule has 1 N–H and O–H groups in total. The molecule has 170 valence electrons. The number of aromatic nitrogens is 5. The monoisotopic (exact) mass is 460 g/mol. The van der Waals surface area contributed by atoms with Crippen molar-refractivity contribution in [2.75, 3.05) is 12.3 Å². The summed E-state index contributed by atoms with van der Waals surface area (Å²) in [6, 6.07) is 20.4. The normalized spacial score (nSPS) is 11.0. The van der Waals surface area contributed by atoms with Gasteiger partial charge in [0.05, 0.1) is 11.3 Å². The molecule has 0 radical (unpaired) electrons. The fraction of sp³-hybridized carbons (Fsp3) is 0.280. The zero-order chi connectivity index (χ0) is 23.0. The van der Waals surface area contributed by atoms with E-state index in [9.17, 15) is 4.79 Å². The van der Waals surface area contributed by atoms with Crippen molar-refractivity contribution in [3.05, 3.63) is 72.4 Å². The molecule has 7 nitrogen and oxygen atoms in total. The van der Waals surface area contributed by atoms with Gasteiger partial charge in [0.2, 0.25) is 5.91 Å². The van der Waals surface area contributed by atoms with Crippen LogP contribution in [0.3, 0.4) is 0 Å². The second-order valence-electron chi connectivity index (χ2n) is 7.71. The van der Waals surface area contributed by atoms with Gasteiger partial charge >= 0.3 is 0 Å². The lowest BCUT2D eigenvalue weighted by Gasteiger charge is -2.08. The predicted octanol–water partition coefficient (Wildman–Crippen LogP) is 4.21. The van der Waals surface area contributed by atoms with Crippen molar-refractivity contribution >= 4 is 17.7 Å². The first-order valence-electron chi connectivity index (χ1n) is 11.1. The van der Waals surface area contributed by atoms with Crippen LogP contribution in [0.25, 0.3) is 22.6 Å². The lowest BCUT2D eigenvalue weighted by atomic mass is 10.1. The van der Waals surface area contributed by atoms with E-state index < -0.39 is 0 Å². The van der Waals surface area contributed by atoms with Crippen molar-refractivity contribution in [1.82, 2.24) is 29.9 Å². The summed E-state index contributed by atoms with van der Waals surface area (Å²) in [5.74, 6) is 1.07. The number of nitrogens with zero attached hydrogens (tertiary/aromatic N) is 5. The first-order valence-corrected chi connectivity index (χ1v) is 12.1. The Kier molecular flexibility index (Phi) is 7.57. The molecule has 4 aromatic rings. The summed E-state index contributed by atoms with van der Waals surface area (Å²) in [6.07, 6.45) is 3.84. The van der Waals surface area contributed by atoms with E-state index in [-0.39, 0.29) is 5.91 Å². The fourth-order valence-electron chi connectivity index (χ4n) is 3.69. The van der Waals surface area contributed by atoms with Gasteiger partial charge < -0.3 is 9.88 Å². The van der Waals surface area contributed by atoms with Crippen molar-refractivity contribution < 1.29 is 4.79 Å². The van der Waals surface area contributed by atoms with Gasteiger partial charge in [-0.05, 0) is 25.3 Å². The summed E-state index contributed by atoms with van der Waals surface area (Å²) < 4.78 is 3.83. The maximum absolute atomic E-state index is 12.3. The summed E-state index contributed by atoms with van der Waals surface area (Å²) in [5, 5.41) is 17.2. The van der Waals surface area contributed by atoms with Crippen molar-refractivity contribution in [2.24, 2.45) is 7.05 Å². The summed E-state index contributed by atoms with van der Waals surface area (Å²) in [7, 11) is 1.90. The van der Waals surface area contributed by atoms with E-state index in [1.54, 1.807) is 4.68 Å². The highest BCUT2D eigenvalue weighted by Gasteiger charge is 2.20. The van der Waals surface area contributed by atoms with Crippen LogP contribution in [-0.4, -0.2) is 42.7 Å². The third-order valence-electron chi connectivity index (χ3n) is 5.29. The van der Waals surface area contributed by atoms with Crippen molar-refractivity contribution in [3.8, 4) is 22.6 Å². The first-order chi connectivity index (χ1) is 16.2. The third-order valence-corrected chi connectivity index (χ3v) is 6.26. The average Bonchev–Trinajstić information content (AvgIpc) is 3.44. The van der Waals surface area contributed by atoms with Gasteiger partial charge in [0.25, 0.3) is 0 Å². The number of amides is 1. The summed E-state index contributed by atoms with van der Waals surface area (Å²) >= 11 is 1.41. The molecule has 0 atom stereocenters. The van der Waals surface area contributed by atoms with Crippen molar-refractivity contribution in [2.45, 2.75) is 31.5 Å². The average molecular weight is 461 g/mol. The largest absolute Gasteiger partial charge is 0.355 e. The van der Waals surface area contributed by atoms with Crippen molar-refractivity contribution in [1.29, 1.82) is 0 Å². The van der Waals surface area contributed by atoms with E-state index in [4.69, 9.17) is 0 Å². The number of benzene rings is 2. The van der Waals surface area contributed by atoms with Gasteiger partial charge in [-0.1, -0.05) is 72.4 Å². The van der Waals surface area contributed by atoms with Crippen LogP contribution >= 0.6 is 11.8 Å². The van der Waals surface area contributed by atoms with Gasteiger partial charge in [0, 0.05) is 31.9 Å². The molecule has 0 saturated carbocycles. The first kappa shape index (κ1) is 22.8. The van der Waals surface area contributed by atoms with Gasteiger partial charge in [0.15, 0.2) is 11.0 Å². The Morgan fingerprint density at radius 1 is 1.03 bits per heavy atom. The van der Waals surface area contributed by atoms with E-state index in [1.807, 2.05) is 66.3 Å². The summed E-state index contributed by atoms with van der Waals surface area (Å²) in [4.78, 5) is 12.3. The zero-order valence-corrected chi connectivity index (χ0v) is 19.8. The highest BCUT2D eigenvalue weighted by Crippen LogP contribution is 2.31. The lowest BCUT2D eigenvalue weighted by molar-refractivity contribution is -0.118. The molecule has 2 heterocycles. The number of rotatable bonds is 10. The van der Waals surface area contributed by atoms with Crippen LogP contribution in [0.5, 0.6) is 0 Å². The molecule has 0 saturated heterocycles. The number of nitrogens with one attached hydrogen (secondary N) is 1. The molecule has 1 amide bonds. The van der Waals surface area contributed by atoms with E-state index in [0.29, 0.717) is 18.8 Å². The quantitative estimate of drug-likeness (QED) is 0.283. The number of carbonyl (C=O) groups excluding carboxylic acids is 1. The molecule has 2 aromatic carbocycles. The van der Waals surface area contributed by atoms with E-state index in [0.717, 1.165) is 40.6 Å². The Morgan fingerprint density at radius 2 is 1.76 bits per heavy atom. The Morgan fingerprint density at radius 3 is 2.48 bits per heavy atom. The molecule has 0 unspecified atom stereocenters. The molecule has 2 aromatic heterocycles. The molecule has 0 aliphatic rings. The molecule has 4 rings (SSSR count). The van der Waals surface area contributed by atoms with Gasteiger partial charge in [0.1, 0.15) is 5.69 Å². The van der Waals surface area contributed by atoms with Gasteiger partial charge in [-0.2, -0.15) is 5.10 Å². The molecular formula is C25H28N6OS. The number of thioether (sulfide) groups is 1. The van der Waals surface area contributed by atoms with E-state index >= 15 is 0 Å². The number of hydrogen-bond donors (Lipinski definition) is 1. The Labute approximate surface area is 198 Å². The standard InChI is InChI=1S/C25H28N6OS/c1-3-31-24(21-17-30(2)29-23(21)20-14-8-5-9-15-20)27-28-25(31)33-18-22(32)26-16-10-13-19-11-6-4-7-12-19/h4-9,11-12,14-15,17H,3,10,13,16,18H2,1-2H3,(H,26,32). The van der Waals surface area contributed by atoms with Crippen LogP contribution in [0, 0.1) is 0 Å². The molecule has 0 aliphatic carbocycles. The smallest absolute Gasteiger partial charge is 0.230 e. The molecule has 0 bridgehead atoms. The molecule has 8 heteroatoms. The minimum absolute atomic E-state index is 0.00613. The zero-order valence-electron chi connectivity index (χ0n) is 18.9. The highest BCUT2D eigenvalue weighted by molar-refractivity contribution is 7.99. The Balaban J connectivity index is 1.38. The van der Waals surface area contributed by atoms with Crippen LogP contribution in [0.1, 0.15) is 18.9 Å². The minimum atomic E-state index is 0.00613. The third kappa shape index (κ3) is 5.70. The lowest BCUT2D eigenvalue weighted by Crippen LogP contribution is -2.26. The topological polar surface area (TPSA) is 77.6 Å². The summed E-state index contributed by atoms with van der Waals surface area (Å²) in [6.45, 7) is 3.42. The maximum Gasteiger partial charge on any atom is 0.230 e. The molecule has 0 fully saturated rings. The van der Waals surface area contributed by atoms with Crippen molar-refractivity contribution in [3.63, 3.8) is 0 Å². The van der Waals surface area contributed by atoms with Gasteiger partial charge in [-0.3, -0.25) is 9.48 Å². The number of hydrogen-bond acceptors (Lipinski definition) is 5.